The number of unbranched alkanes of at least 4 members (excludes halogenated alkanes) is 2. The first-order chi connectivity index (χ1) is 16.7. The first kappa shape index (κ1) is 23.5. The number of benzene rings is 3. The van der Waals surface area contributed by atoms with Crippen LogP contribution in [0.3, 0.4) is 0 Å². The third-order valence-corrected chi connectivity index (χ3v) is 6.11. The Kier molecular flexibility index (Phi) is 7.94. The molecule has 3 N–H and O–H groups in total. The first-order valence-electron chi connectivity index (χ1n) is 11.8. The van der Waals surface area contributed by atoms with E-state index >= 15 is 0 Å². The Bertz CT molecular complexity index is 1110. The number of carbonyl (C=O) groups excluding carboxylic acids is 1. The minimum Gasteiger partial charge on any atom is -0.469 e. The summed E-state index contributed by atoms with van der Waals surface area (Å²) in [5.41, 5.74) is 10.9. The third-order valence-electron chi connectivity index (χ3n) is 6.11. The molecule has 176 valence electrons. The third kappa shape index (κ3) is 5.64. The van der Waals surface area contributed by atoms with E-state index in [0.29, 0.717) is 6.54 Å². The quantitative estimate of drug-likeness (QED) is 0.328. The van der Waals surface area contributed by atoms with Crippen molar-refractivity contribution in [3.05, 3.63) is 84.4 Å². The Labute approximate surface area is 201 Å². The molecule has 34 heavy (non-hydrogen) atoms. The van der Waals surface area contributed by atoms with Crippen molar-refractivity contribution in [2.45, 2.75) is 31.7 Å². The summed E-state index contributed by atoms with van der Waals surface area (Å²) in [5, 5.41) is 3.51. The molecule has 3 aromatic rings. The van der Waals surface area contributed by atoms with Gasteiger partial charge in [0.2, 0.25) is 5.96 Å². The van der Waals surface area contributed by atoms with E-state index in [2.05, 4.69) is 46.6 Å². The molecule has 1 heterocycles. The second-order valence-electron chi connectivity index (χ2n) is 8.40. The lowest BCUT2D eigenvalue weighted by atomic mass is 9.98. The Hall–Kier alpha value is -3.64. The zero-order chi connectivity index (χ0) is 23.8. The van der Waals surface area contributed by atoms with E-state index in [4.69, 9.17) is 15.5 Å². The molecule has 1 aliphatic rings. The number of para-hydroxylation sites is 1. The van der Waals surface area contributed by atoms with Gasteiger partial charge in [-0.15, -0.1) is 0 Å². The maximum Gasteiger partial charge on any atom is 0.307 e. The Morgan fingerprint density at radius 1 is 0.941 bits per heavy atom. The van der Waals surface area contributed by atoms with Crippen molar-refractivity contribution in [1.29, 1.82) is 0 Å². The van der Waals surface area contributed by atoms with Crippen molar-refractivity contribution in [3.63, 3.8) is 0 Å². The summed E-state index contributed by atoms with van der Waals surface area (Å²) in [6.07, 6.45) is 3.23. The molecule has 0 amide bonds. The van der Waals surface area contributed by atoms with Crippen LogP contribution in [0.2, 0.25) is 0 Å². The van der Waals surface area contributed by atoms with Gasteiger partial charge in [-0.3, -0.25) is 4.79 Å². The van der Waals surface area contributed by atoms with Gasteiger partial charge in [0.25, 0.3) is 0 Å². The normalized spacial score (nSPS) is 14.8. The number of aliphatic imine (C=N–C) groups is 1. The molecule has 0 saturated heterocycles. The van der Waals surface area contributed by atoms with Crippen LogP contribution in [0.1, 0.15) is 37.3 Å². The van der Waals surface area contributed by atoms with E-state index in [1.807, 2.05) is 42.5 Å². The Morgan fingerprint density at radius 3 is 2.38 bits per heavy atom. The fourth-order valence-electron chi connectivity index (χ4n) is 4.30. The zero-order valence-corrected chi connectivity index (χ0v) is 19.6. The number of rotatable bonds is 9. The number of esters is 1. The lowest BCUT2D eigenvalue weighted by Crippen LogP contribution is -2.42. The second kappa shape index (κ2) is 11.5. The topological polar surface area (TPSA) is 80.0 Å². The maximum atomic E-state index is 12.3. The van der Waals surface area contributed by atoms with Crippen LogP contribution >= 0.6 is 0 Å². The molecule has 0 aliphatic carbocycles. The molecule has 1 atom stereocenters. The predicted octanol–water partition coefficient (Wildman–Crippen LogP) is 5.50. The average molecular weight is 457 g/mol. The minimum atomic E-state index is -0.236. The summed E-state index contributed by atoms with van der Waals surface area (Å²) in [6, 6.07) is 26.5. The van der Waals surface area contributed by atoms with Crippen LogP contribution in [-0.2, 0) is 9.53 Å². The van der Waals surface area contributed by atoms with Gasteiger partial charge in [-0.2, -0.15) is 0 Å². The maximum absolute atomic E-state index is 12.3. The van der Waals surface area contributed by atoms with Crippen molar-refractivity contribution in [2.75, 3.05) is 25.5 Å². The van der Waals surface area contributed by atoms with Crippen molar-refractivity contribution < 1.29 is 9.53 Å². The number of nitrogens with two attached hydrogens (primary N) is 1. The summed E-state index contributed by atoms with van der Waals surface area (Å²) in [6.45, 7) is 1.45. The van der Waals surface area contributed by atoms with Crippen LogP contribution < -0.4 is 11.1 Å². The van der Waals surface area contributed by atoms with Gasteiger partial charge >= 0.3 is 5.97 Å². The summed E-state index contributed by atoms with van der Waals surface area (Å²) in [4.78, 5) is 19.5. The van der Waals surface area contributed by atoms with Gasteiger partial charge in [-0.05, 0) is 48.7 Å². The van der Waals surface area contributed by atoms with E-state index in [-0.39, 0.29) is 18.4 Å². The SMILES string of the molecule is COC(=O)CC1c2ccccc2N=C(Nc2ccc(-c3ccccc3)cc2)N1CCCCCN. The fourth-order valence-corrected chi connectivity index (χ4v) is 4.30. The highest BCUT2D eigenvalue weighted by Gasteiger charge is 2.31. The number of fused-ring (bicyclic) bond motifs is 1. The summed E-state index contributed by atoms with van der Waals surface area (Å²) < 4.78 is 5.03. The van der Waals surface area contributed by atoms with Gasteiger partial charge in [0.15, 0.2) is 0 Å². The van der Waals surface area contributed by atoms with Gasteiger partial charge in [0.1, 0.15) is 0 Å². The molecular formula is C28H32N4O2. The molecule has 0 aromatic heterocycles. The smallest absolute Gasteiger partial charge is 0.307 e. The van der Waals surface area contributed by atoms with E-state index < -0.39 is 0 Å². The number of nitrogens with one attached hydrogen (secondary N) is 1. The van der Waals surface area contributed by atoms with Gasteiger partial charge in [0.05, 0.1) is 25.3 Å². The standard InChI is InChI=1S/C28H32N4O2/c1-34-27(33)20-26-24-12-6-7-13-25(24)31-28(32(26)19-9-3-8-18-29)30-23-16-14-22(15-17-23)21-10-4-2-5-11-21/h2,4-7,10-17,26H,3,8-9,18-20,29H2,1H3,(H,30,31). The number of guanidine groups is 1. The highest BCUT2D eigenvalue weighted by molar-refractivity contribution is 5.97. The second-order valence-corrected chi connectivity index (χ2v) is 8.40. The van der Waals surface area contributed by atoms with E-state index in [0.717, 1.165) is 54.3 Å². The number of carbonyl (C=O) groups is 1. The molecule has 0 radical (unpaired) electrons. The highest BCUT2D eigenvalue weighted by Crippen LogP contribution is 2.37. The molecular weight excluding hydrogens is 424 g/mol. The lowest BCUT2D eigenvalue weighted by molar-refractivity contribution is -0.141. The summed E-state index contributed by atoms with van der Waals surface area (Å²) >= 11 is 0. The number of methoxy groups -OCH3 is 1. The first-order valence-corrected chi connectivity index (χ1v) is 11.8. The van der Waals surface area contributed by atoms with E-state index in [9.17, 15) is 4.79 Å². The molecule has 6 nitrogen and oxygen atoms in total. The van der Waals surface area contributed by atoms with Gasteiger partial charge in [-0.1, -0.05) is 67.1 Å². The fraction of sp³-hybridized carbons (Fsp3) is 0.286. The average Bonchev–Trinajstić information content (AvgIpc) is 2.88. The van der Waals surface area contributed by atoms with Gasteiger partial charge in [0, 0.05) is 17.8 Å². The Balaban J connectivity index is 1.62. The summed E-state index contributed by atoms with van der Waals surface area (Å²) in [7, 11) is 1.43. The van der Waals surface area contributed by atoms with Crippen LogP contribution in [0.15, 0.2) is 83.9 Å². The molecule has 1 unspecified atom stereocenters. The monoisotopic (exact) mass is 456 g/mol. The van der Waals surface area contributed by atoms with Crippen LogP contribution in [-0.4, -0.2) is 37.0 Å². The predicted molar refractivity (Wildman–Crippen MR) is 138 cm³/mol. The van der Waals surface area contributed by atoms with E-state index in [1.165, 1.54) is 12.7 Å². The number of anilines is 1. The number of nitrogens with zero attached hydrogens (tertiary/aromatic N) is 2. The number of ether oxygens (including phenoxy) is 1. The Morgan fingerprint density at radius 2 is 1.65 bits per heavy atom. The van der Waals surface area contributed by atoms with Crippen LogP contribution in [0.4, 0.5) is 11.4 Å². The van der Waals surface area contributed by atoms with Crippen molar-refractivity contribution >= 4 is 23.3 Å². The number of hydrogen-bond acceptors (Lipinski definition) is 6. The highest BCUT2D eigenvalue weighted by atomic mass is 16.5. The van der Waals surface area contributed by atoms with E-state index in [1.54, 1.807) is 0 Å². The van der Waals surface area contributed by atoms with Crippen molar-refractivity contribution in [2.24, 2.45) is 10.7 Å². The van der Waals surface area contributed by atoms with Crippen LogP contribution in [0.25, 0.3) is 11.1 Å². The molecule has 4 rings (SSSR count). The molecule has 1 aliphatic heterocycles. The zero-order valence-electron chi connectivity index (χ0n) is 19.6. The largest absolute Gasteiger partial charge is 0.469 e. The molecule has 0 saturated carbocycles. The molecule has 6 heteroatoms. The van der Waals surface area contributed by atoms with Crippen LogP contribution in [0, 0.1) is 0 Å². The molecule has 0 spiro atoms. The molecule has 0 bridgehead atoms. The lowest BCUT2D eigenvalue weighted by Gasteiger charge is -2.38. The molecule has 3 aromatic carbocycles. The minimum absolute atomic E-state index is 0.148. The van der Waals surface area contributed by atoms with Gasteiger partial charge < -0.3 is 20.7 Å². The van der Waals surface area contributed by atoms with Crippen molar-refractivity contribution in [1.82, 2.24) is 4.90 Å². The van der Waals surface area contributed by atoms with Gasteiger partial charge in [-0.25, -0.2) is 4.99 Å². The van der Waals surface area contributed by atoms with Crippen LogP contribution in [0.5, 0.6) is 0 Å². The van der Waals surface area contributed by atoms with Crippen molar-refractivity contribution in [3.8, 4) is 11.1 Å². The molecule has 0 fully saturated rings. The summed E-state index contributed by atoms with van der Waals surface area (Å²) in [5.74, 6) is 0.507. The number of hydrogen-bond donors (Lipinski definition) is 2.